The van der Waals surface area contributed by atoms with Crippen molar-refractivity contribution in [1.29, 1.82) is 0 Å². The molecule has 1 unspecified atom stereocenters. The van der Waals surface area contributed by atoms with Crippen LogP contribution in [-0.4, -0.2) is 21.6 Å². The van der Waals surface area contributed by atoms with Gasteiger partial charge in [0, 0.05) is 17.1 Å². The van der Waals surface area contributed by atoms with Crippen LogP contribution in [0.2, 0.25) is 5.02 Å². The second-order valence-electron chi connectivity index (χ2n) is 3.56. The highest BCUT2D eigenvalue weighted by molar-refractivity contribution is 6.30. The lowest BCUT2D eigenvalue weighted by atomic mass is 10.1. The minimum Gasteiger partial charge on any atom is -0.384 e. The molecule has 1 atom stereocenters. The van der Waals surface area contributed by atoms with Gasteiger partial charge in [0.15, 0.2) is 0 Å². The standard InChI is InChI=1S/C11H11ClFN3O/c12-6-1-2-8(13)7(3-6)9-5-15-11(16-9)10(17)4-14/h1-3,5,10,17H,4,14H2,(H,15,16). The summed E-state index contributed by atoms with van der Waals surface area (Å²) in [7, 11) is 0. The molecule has 0 aliphatic heterocycles. The van der Waals surface area contributed by atoms with E-state index in [1.165, 1.54) is 24.4 Å². The summed E-state index contributed by atoms with van der Waals surface area (Å²) in [6, 6.07) is 4.23. The van der Waals surface area contributed by atoms with Gasteiger partial charge in [0.25, 0.3) is 0 Å². The molecule has 1 aromatic heterocycles. The number of H-pyrrole nitrogens is 1. The Morgan fingerprint density at radius 2 is 2.29 bits per heavy atom. The number of nitrogens with zero attached hydrogens (tertiary/aromatic N) is 1. The molecule has 2 rings (SSSR count). The number of hydrogen-bond acceptors (Lipinski definition) is 3. The number of aromatic nitrogens is 2. The van der Waals surface area contributed by atoms with E-state index in [0.29, 0.717) is 22.1 Å². The molecule has 0 radical (unpaired) electrons. The zero-order valence-corrected chi connectivity index (χ0v) is 9.58. The highest BCUT2D eigenvalue weighted by Crippen LogP contribution is 2.25. The lowest BCUT2D eigenvalue weighted by Crippen LogP contribution is -2.12. The Morgan fingerprint density at radius 3 is 3.00 bits per heavy atom. The molecule has 90 valence electrons. The molecule has 0 aliphatic rings. The number of aliphatic hydroxyl groups excluding tert-OH is 1. The fourth-order valence-corrected chi connectivity index (χ4v) is 1.63. The second-order valence-corrected chi connectivity index (χ2v) is 3.99. The van der Waals surface area contributed by atoms with Gasteiger partial charge in [-0.1, -0.05) is 11.6 Å². The van der Waals surface area contributed by atoms with Crippen molar-refractivity contribution in [2.45, 2.75) is 6.10 Å². The van der Waals surface area contributed by atoms with Crippen LogP contribution < -0.4 is 5.73 Å². The zero-order chi connectivity index (χ0) is 12.4. The zero-order valence-electron chi connectivity index (χ0n) is 8.82. The third-order valence-electron chi connectivity index (χ3n) is 2.35. The summed E-state index contributed by atoms with van der Waals surface area (Å²) in [5, 5.41) is 9.90. The van der Waals surface area contributed by atoms with E-state index in [0.717, 1.165) is 0 Å². The first-order valence-electron chi connectivity index (χ1n) is 5.00. The fraction of sp³-hybridized carbons (Fsp3) is 0.182. The molecule has 0 saturated heterocycles. The number of imidazole rings is 1. The molecular formula is C11H11ClFN3O. The predicted octanol–water partition coefficient (Wildman–Crippen LogP) is 1.86. The molecule has 17 heavy (non-hydrogen) atoms. The Hall–Kier alpha value is -1.43. The van der Waals surface area contributed by atoms with Crippen LogP contribution in [0.25, 0.3) is 11.3 Å². The molecule has 1 heterocycles. The molecule has 0 spiro atoms. The number of hydrogen-bond donors (Lipinski definition) is 3. The van der Waals surface area contributed by atoms with Crippen molar-refractivity contribution in [2.24, 2.45) is 5.73 Å². The number of halogens is 2. The van der Waals surface area contributed by atoms with E-state index >= 15 is 0 Å². The number of rotatable bonds is 3. The van der Waals surface area contributed by atoms with Gasteiger partial charge in [-0.3, -0.25) is 0 Å². The van der Waals surface area contributed by atoms with Gasteiger partial charge in [0.1, 0.15) is 17.7 Å². The van der Waals surface area contributed by atoms with Gasteiger partial charge in [-0.25, -0.2) is 9.37 Å². The van der Waals surface area contributed by atoms with E-state index in [2.05, 4.69) is 9.97 Å². The maximum Gasteiger partial charge on any atom is 0.136 e. The predicted molar refractivity (Wildman–Crippen MR) is 63.0 cm³/mol. The molecule has 6 heteroatoms. The normalized spacial score (nSPS) is 12.7. The largest absolute Gasteiger partial charge is 0.384 e. The topological polar surface area (TPSA) is 74.9 Å². The van der Waals surface area contributed by atoms with Gasteiger partial charge in [0.05, 0.1) is 11.9 Å². The number of benzene rings is 1. The highest BCUT2D eigenvalue weighted by Gasteiger charge is 2.13. The summed E-state index contributed by atoms with van der Waals surface area (Å²) >= 11 is 5.79. The Balaban J connectivity index is 2.40. The molecule has 4 nitrogen and oxygen atoms in total. The van der Waals surface area contributed by atoms with Crippen molar-refractivity contribution in [3.05, 3.63) is 41.1 Å². The van der Waals surface area contributed by atoms with Crippen molar-refractivity contribution in [3.8, 4) is 11.3 Å². The lowest BCUT2D eigenvalue weighted by molar-refractivity contribution is 0.177. The molecule has 0 aliphatic carbocycles. The third kappa shape index (κ3) is 2.46. The van der Waals surface area contributed by atoms with Crippen LogP contribution in [0.1, 0.15) is 11.9 Å². The van der Waals surface area contributed by atoms with Crippen molar-refractivity contribution in [2.75, 3.05) is 6.54 Å². The van der Waals surface area contributed by atoms with Gasteiger partial charge < -0.3 is 15.8 Å². The van der Waals surface area contributed by atoms with E-state index in [4.69, 9.17) is 17.3 Å². The molecular weight excluding hydrogens is 245 g/mol. The third-order valence-corrected chi connectivity index (χ3v) is 2.59. The van der Waals surface area contributed by atoms with E-state index < -0.39 is 11.9 Å². The number of aliphatic hydroxyl groups is 1. The van der Waals surface area contributed by atoms with Crippen molar-refractivity contribution < 1.29 is 9.50 Å². The second kappa shape index (κ2) is 4.83. The first-order valence-corrected chi connectivity index (χ1v) is 5.38. The average molecular weight is 256 g/mol. The molecule has 0 amide bonds. The van der Waals surface area contributed by atoms with E-state index in [-0.39, 0.29) is 6.54 Å². The number of nitrogens with one attached hydrogen (secondary N) is 1. The minimum atomic E-state index is -0.883. The lowest BCUT2D eigenvalue weighted by Gasteiger charge is -2.03. The molecule has 0 fully saturated rings. The van der Waals surface area contributed by atoms with E-state index in [1.807, 2.05) is 0 Å². The summed E-state index contributed by atoms with van der Waals surface area (Å²) in [4.78, 5) is 6.75. The Labute approximate surface area is 102 Å². The Morgan fingerprint density at radius 1 is 1.53 bits per heavy atom. The summed E-state index contributed by atoms with van der Waals surface area (Å²) < 4.78 is 13.6. The molecule has 1 aromatic carbocycles. The summed E-state index contributed by atoms with van der Waals surface area (Å²) in [6.07, 6.45) is 0.550. The average Bonchev–Trinajstić information content (AvgIpc) is 2.80. The van der Waals surface area contributed by atoms with Gasteiger partial charge in [0.2, 0.25) is 0 Å². The first-order chi connectivity index (χ1) is 8.11. The van der Waals surface area contributed by atoms with Crippen LogP contribution in [0, 0.1) is 5.82 Å². The fourth-order valence-electron chi connectivity index (χ4n) is 1.46. The molecule has 0 bridgehead atoms. The van der Waals surface area contributed by atoms with Gasteiger partial charge in [-0.15, -0.1) is 0 Å². The van der Waals surface area contributed by atoms with Crippen LogP contribution in [0.4, 0.5) is 4.39 Å². The highest BCUT2D eigenvalue weighted by atomic mass is 35.5. The monoisotopic (exact) mass is 255 g/mol. The smallest absolute Gasteiger partial charge is 0.136 e. The summed E-state index contributed by atoms with van der Waals surface area (Å²) in [5.41, 5.74) is 6.06. The Kier molecular flexibility index (Phi) is 3.42. The van der Waals surface area contributed by atoms with Gasteiger partial charge in [-0.05, 0) is 18.2 Å². The van der Waals surface area contributed by atoms with Gasteiger partial charge >= 0.3 is 0 Å². The van der Waals surface area contributed by atoms with E-state index in [9.17, 15) is 9.50 Å². The Bertz CT molecular complexity index is 529. The number of aromatic amines is 1. The van der Waals surface area contributed by atoms with Crippen LogP contribution in [0.15, 0.2) is 24.4 Å². The quantitative estimate of drug-likeness (QED) is 0.784. The van der Waals surface area contributed by atoms with Crippen LogP contribution in [-0.2, 0) is 0 Å². The van der Waals surface area contributed by atoms with Crippen LogP contribution in [0.3, 0.4) is 0 Å². The van der Waals surface area contributed by atoms with Crippen molar-refractivity contribution >= 4 is 11.6 Å². The number of nitrogens with two attached hydrogens (primary N) is 1. The van der Waals surface area contributed by atoms with Crippen LogP contribution >= 0.6 is 11.6 Å². The minimum absolute atomic E-state index is 0.0466. The molecule has 2 aromatic rings. The molecule has 0 saturated carbocycles. The van der Waals surface area contributed by atoms with Crippen molar-refractivity contribution in [3.63, 3.8) is 0 Å². The maximum absolute atomic E-state index is 13.6. The van der Waals surface area contributed by atoms with Gasteiger partial charge in [-0.2, -0.15) is 0 Å². The maximum atomic E-state index is 13.6. The van der Waals surface area contributed by atoms with Crippen molar-refractivity contribution in [1.82, 2.24) is 9.97 Å². The summed E-state index contributed by atoms with van der Waals surface area (Å²) in [6.45, 7) is 0.0466. The first kappa shape index (κ1) is 12.0. The van der Waals surface area contributed by atoms with E-state index in [1.54, 1.807) is 0 Å². The summed E-state index contributed by atoms with van der Waals surface area (Å²) in [5.74, 6) is -0.103. The van der Waals surface area contributed by atoms with Crippen LogP contribution in [0.5, 0.6) is 0 Å². The SMILES string of the molecule is NCC(O)c1ncc(-c2cc(Cl)ccc2F)[nH]1. The molecule has 4 N–H and O–H groups in total.